The first-order valence-corrected chi connectivity index (χ1v) is 14.5. The normalized spacial score (nSPS) is 18.8. The van der Waals surface area contributed by atoms with Crippen molar-refractivity contribution in [3.05, 3.63) is 29.8 Å². The number of hydrogen-bond donors (Lipinski definition) is 1. The molecule has 2 rings (SSSR count). The minimum Gasteiger partial charge on any atom is -0.396 e. The van der Waals surface area contributed by atoms with Crippen LogP contribution in [0.1, 0.15) is 84.1 Å². The van der Waals surface area contributed by atoms with E-state index in [-0.39, 0.29) is 18.3 Å². The van der Waals surface area contributed by atoms with Gasteiger partial charge in [0.15, 0.2) is 15.6 Å². The molecule has 0 aromatic heterocycles. The Labute approximate surface area is 202 Å². The smallest absolute Gasteiger partial charge is 0.178 e. The summed E-state index contributed by atoms with van der Waals surface area (Å²) in [5.74, 6) is 0.842. The van der Waals surface area contributed by atoms with Crippen molar-refractivity contribution in [3.8, 4) is 0 Å². The van der Waals surface area contributed by atoms with Crippen molar-refractivity contribution in [1.29, 1.82) is 0 Å². The van der Waals surface area contributed by atoms with Crippen molar-refractivity contribution >= 4 is 9.84 Å². The molecule has 1 aliphatic heterocycles. The van der Waals surface area contributed by atoms with Gasteiger partial charge >= 0.3 is 0 Å². The summed E-state index contributed by atoms with van der Waals surface area (Å²) < 4.78 is 37.8. The monoisotopic (exact) mass is 482 g/mol. The predicted molar refractivity (Wildman–Crippen MR) is 134 cm³/mol. The lowest BCUT2D eigenvalue weighted by molar-refractivity contribution is -0.169. The molecule has 0 saturated carbocycles. The predicted octanol–water partition coefficient (Wildman–Crippen LogP) is 5.92. The number of sulfone groups is 1. The maximum absolute atomic E-state index is 12.8. The minimum absolute atomic E-state index is 0.143. The van der Waals surface area contributed by atoms with Crippen molar-refractivity contribution in [1.82, 2.24) is 0 Å². The van der Waals surface area contributed by atoms with E-state index in [1.165, 1.54) is 0 Å². The lowest BCUT2D eigenvalue weighted by atomic mass is 9.91. The Kier molecular flexibility index (Phi) is 11.8. The highest BCUT2D eigenvalue weighted by Crippen LogP contribution is 2.33. The van der Waals surface area contributed by atoms with E-state index in [1.807, 2.05) is 19.1 Å². The highest BCUT2D eigenvalue weighted by atomic mass is 32.2. The van der Waals surface area contributed by atoms with Crippen LogP contribution in [0, 0.1) is 24.7 Å². The average Bonchev–Trinajstić information content (AvgIpc) is 3.25. The van der Waals surface area contributed by atoms with Gasteiger partial charge in [0.1, 0.15) is 0 Å². The standard InChI is InChI=1S/C27H46O5S/c1-5-25(21-33(29,30)26-13-11-22(2)12-14-26)10-8-16-27(31-17-18-32-27)15-7-6-9-23(3)19-24(4)20-28/h11-14,23-25,28H,5-10,15-21H2,1-4H3/t23-,24+,25-/m1/s1. The van der Waals surface area contributed by atoms with Crippen molar-refractivity contribution in [2.24, 2.45) is 17.8 Å². The van der Waals surface area contributed by atoms with Crippen LogP contribution in [0.5, 0.6) is 0 Å². The first-order valence-electron chi connectivity index (χ1n) is 12.9. The Balaban J connectivity index is 1.79. The molecule has 0 spiro atoms. The average molecular weight is 483 g/mol. The third-order valence-corrected chi connectivity index (χ3v) is 8.92. The molecule has 1 N–H and O–H groups in total. The van der Waals surface area contributed by atoms with E-state index in [1.54, 1.807) is 12.1 Å². The largest absolute Gasteiger partial charge is 0.396 e. The fourth-order valence-corrected chi connectivity index (χ4v) is 6.66. The SMILES string of the molecule is CC[C@H](CCCC1(CCCC[C@@H](C)C[C@H](C)CO)OCCO1)CS(=O)(=O)c1ccc(C)cc1. The summed E-state index contributed by atoms with van der Waals surface area (Å²) in [5, 5.41) is 9.24. The van der Waals surface area contributed by atoms with Gasteiger partial charge < -0.3 is 14.6 Å². The number of aliphatic hydroxyl groups is 1. The number of aliphatic hydroxyl groups excluding tert-OH is 1. The molecule has 0 bridgehead atoms. The maximum Gasteiger partial charge on any atom is 0.178 e. The molecule has 5 nitrogen and oxygen atoms in total. The molecule has 1 aromatic carbocycles. The Morgan fingerprint density at radius 3 is 2.21 bits per heavy atom. The highest BCUT2D eigenvalue weighted by Gasteiger charge is 2.35. The maximum atomic E-state index is 12.8. The first kappa shape index (κ1) is 28.3. The lowest BCUT2D eigenvalue weighted by Gasteiger charge is -2.28. The summed E-state index contributed by atoms with van der Waals surface area (Å²) in [7, 11) is -3.27. The van der Waals surface area contributed by atoms with Crippen molar-refractivity contribution in [2.75, 3.05) is 25.6 Å². The van der Waals surface area contributed by atoms with Crippen LogP contribution in [-0.2, 0) is 19.3 Å². The lowest BCUT2D eigenvalue weighted by Crippen LogP contribution is -2.30. The molecule has 0 radical (unpaired) electrons. The Morgan fingerprint density at radius 2 is 1.61 bits per heavy atom. The summed E-state index contributed by atoms with van der Waals surface area (Å²) in [4.78, 5) is 0.424. The van der Waals surface area contributed by atoms with Crippen molar-refractivity contribution in [2.45, 2.75) is 96.2 Å². The number of benzene rings is 1. The topological polar surface area (TPSA) is 72.8 Å². The van der Waals surface area contributed by atoms with Crippen LogP contribution < -0.4 is 0 Å². The molecular weight excluding hydrogens is 436 g/mol. The third kappa shape index (κ3) is 9.67. The summed E-state index contributed by atoms with van der Waals surface area (Å²) in [6.45, 7) is 9.95. The molecule has 1 aromatic rings. The summed E-state index contributed by atoms with van der Waals surface area (Å²) >= 11 is 0. The number of hydrogen-bond acceptors (Lipinski definition) is 5. The van der Waals surface area contributed by atoms with Gasteiger partial charge in [-0.1, -0.05) is 57.7 Å². The van der Waals surface area contributed by atoms with Crippen LogP contribution in [0.4, 0.5) is 0 Å². The third-order valence-electron chi connectivity index (χ3n) is 7.02. The molecule has 33 heavy (non-hydrogen) atoms. The molecule has 0 aliphatic carbocycles. The van der Waals surface area contributed by atoms with Gasteiger partial charge in [-0.3, -0.25) is 0 Å². The second kappa shape index (κ2) is 13.8. The molecule has 1 aliphatic rings. The molecule has 1 fully saturated rings. The van der Waals surface area contributed by atoms with Gasteiger partial charge in [0.2, 0.25) is 0 Å². The highest BCUT2D eigenvalue weighted by molar-refractivity contribution is 7.91. The number of rotatable bonds is 16. The zero-order chi connectivity index (χ0) is 24.3. The minimum atomic E-state index is -3.27. The van der Waals surface area contributed by atoms with Gasteiger partial charge in [-0.25, -0.2) is 8.42 Å². The number of unbranched alkanes of at least 4 members (excludes halogenated alkanes) is 1. The zero-order valence-corrected chi connectivity index (χ0v) is 22.0. The van der Waals surface area contributed by atoms with Gasteiger partial charge in [-0.05, 0) is 62.5 Å². The van der Waals surface area contributed by atoms with E-state index >= 15 is 0 Å². The van der Waals surface area contributed by atoms with Crippen LogP contribution in [0.15, 0.2) is 29.2 Å². The Hall–Kier alpha value is -0.950. The van der Waals surface area contributed by atoms with E-state index < -0.39 is 15.6 Å². The molecule has 1 heterocycles. The van der Waals surface area contributed by atoms with Crippen molar-refractivity contribution < 1.29 is 23.0 Å². The van der Waals surface area contributed by atoms with Crippen LogP contribution >= 0.6 is 0 Å². The Bertz CT molecular complexity index is 768. The fourth-order valence-electron chi connectivity index (χ4n) is 4.89. The molecule has 0 amide bonds. The van der Waals surface area contributed by atoms with Crippen molar-refractivity contribution in [3.63, 3.8) is 0 Å². The van der Waals surface area contributed by atoms with E-state index in [9.17, 15) is 13.5 Å². The van der Waals surface area contributed by atoms with Crippen LogP contribution in [0.25, 0.3) is 0 Å². The van der Waals surface area contributed by atoms with E-state index in [2.05, 4.69) is 20.8 Å². The van der Waals surface area contributed by atoms with Gasteiger partial charge in [-0.15, -0.1) is 0 Å². The van der Waals surface area contributed by atoms with Gasteiger partial charge in [0.05, 0.1) is 23.9 Å². The summed E-state index contributed by atoms with van der Waals surface area (Å²) in [6.07, 6.45) is 8.78. The fraction of sp³-hybridized carbons (Fsp3) is 0.778. The molecule has 6 heteroatoms. The second-order valence-electron chi connectivity index (χ2n) is 10.2. The van der Waals surface area contributed by atoms with Gasteiger partial charge in [-0.2, -0.15) is 0 Å². The molecular formula is C27H46O5S. The number of aryl methyl sites for hydroxylation is 1. The summed E-state index contributed by atoms with van der Waals surface area (Å²) in [6, 6.07) is 7.16. The second-order valence-corrected chi connectivity index (χ2v) is 12.3. The van der Waals surface area contributed by atoms with E-state index in [4.69, 9.17) is 9.47 Å². The zero-order valence-electron chi connectivity index (χ0n) is 21.2. The molecule has 0 unspecified atom stereocenters. The number of ether oxygens (including phenoxy) is 2. The van der Waals surface area contributed by atoms with Crippen LogP contribution in [-0.4, -0.2) is 44.9 Å². The first-order chi connectivity index (χ1) is 15.7. The van der Waals surface area contributed by atoms with E-state index in [0.29, 0.717) is 29.9 Å². The van der Waals surface area contributed by atoms with E-state index in [0.717, 1.165) is 63.4 Å². The van der Waals surface area contributed by atoms with Crippen LogP contribution in [0.2, 0.25) is 0 Å². The van der Waals surface area contributed by atoms with Gasteiger partial charge in [0.25, 0.3) is 0 Å². The molecule has 1 saturated heterocycles. The summed E-state index contributed by atoms with van der Waals surface area (Å²) in [5.41, 5.74) is 1.07. The van der Waals surface area contributed by atoms with Crippen LogP contribution in [0.3, 0.4) is 0 Å². The Morgan fingerprint density at radius 1 is 0.970 bits per heavy atom. The molecule has 190 valence electrons. The quantitative estimate of drug-likeness (QED) is 0.296. The molecule has 3 atom stereocenters. The van der Waals surface area contributed by atoms with Gasteiger partial charge in [0, 0.05) is 19.4 Å².